The van der Waals surface area contributed by atoms with Crippen LogP contribution in [0, 0.1) is 6.92 Å². The van der Waals surface area contributed by atoms with Gasteiger partial charge in [0.25, 0.3) is 0 Å². The smallest absolute Gasteiger partial charge is 0.136 e. The number of nitrogens with zero attached hydrogens (tertiary/aromatic N) is 6. The first-order chi connectivity index (χ1) is 10.7. The molecule has 0 radical (unpaired) electrons. The second-order valence-corrected chi connectivity index (χ2v) is 5.85. The Balaban J connectivity index is 1.70. The van der Waals surface area contributed by atoms with Gasteiger partial charge in [0.15, 0.2) is 0 Å². The van der Waals surface area contributed by atoms with Gasteiger partial charge < -0.3 is 9.47 Å². The second kappa shape index (κ2) is 6.42. The number of hydrogen-bond acceptors (Lipinski definition) is 5. The van der Waals surface area contributed by atoms with Gasteiger partial charge in [0.1, 0.15) is 23.8 Å². The lowest BCUT2D eigenvalue weighted by atomic mass is 9.96. The number of hydrogen-bond donors (Lipinski definition) is 0. The molecular weight excluding hydrogens is 276 g/mol. The molecule has 2 aromatic rings. The van der Waals surface area contributed by atoms with Crippen molar-refractivity contribution in [1.82, 2.24) is 24.7 Å². The van der Waals surface area contributed by atoms with E-state index in [0.29, 0.717) is 5.92 Å². The van der Waals surface area contributed by atoms with Crippen LogP contribution in [-0.2, 0) is 13.0 Å². The number of rotatable bonds is 4. The molecule has 0 unspecified atom stereocenters. The normalized spacial score (nSPS) is 16.2. The van der Waals surface area contributed by atoms with Gasteiger partial charge in [-0.05, 0) is 33.1 Å². The molecule has 0 saturated carbocycles. The Bertz CT molecular complexity index is 627. The highest BCUT2D eigenvalue weighted by molar-refractivity contribution is 5.40. The summed E-state index contributed by atoms with van der Waals surface area (Å²) in [5.41, 5.74) is 1.12. The lowest BCUT2D eigenvalue weighted by Crippen LogP contribution is -2.34. The van der Waals surface area contributed by atoms with Crippen LogP contribution in [0.25, 0.3) is 0 Å². The molecule has 0 aromatic carbocycles. The Kier molecular flexibility index (Phi) is 4.36. The van der Waals surface area contributed by atoms with Crippen molar-refractivity contribution in [2.75, 3.05) is 18.0 Å². The van der Waals surface area contributed by atoms with Crippen LogP contribution in [0.15, 0.2) is 12.4 Å². The first-order valence-corrected chi connectivity index (χ1v) is 8.18. The molecule has 0 aliphatic carbocycles. The van der Waals surface area contributed by atoms with Crippen LogP contribution in [0.3, 0.4) is 0 Å². The number of piperidine rings is 1. The zero-order valence-electron chi connectivity index (χ0n) is 13.7. The van der Waals surface area contributed by atoms with Crippen LogP contribution in [0.1, 0.15) is 49.9 Å². The van der Waals surface area contributed by atoms with E-state index < -0.39 is 0 Å². The standard InChI is InChI=1S/C16H24N6/c1-4-14-10-15(19-12(3)18-14)22-8-6-13(7-9-22)16-20-17-11-21(16)5-2/h10-11,13H,4-9H2,1-3H3. The minimum Gasteiger partial charge on any atom is -0.356 e. The minimum absolute atomic E-state index is 0.507. The molecule has 1 aliphatic rings. The van der Waals surface area contributed by atoms with Crippen molar-refractivity contribution in [3.8, 4) is 0 Å². The van der Waals surface area contributed by atoms with Gasteiger partial charge in [-0.25, -0.2) is 9.97 Å². The van der Waals surface area contributed by atoms with Crippen LogP contribution in [-0.4, -0.2) is 37.8 Å². The summed E-state index contributed by atoms with van der Waals surface area (Å²) >= 11 is 0. The molecule has 3 rings (SSSR count). The average molecular weight is 300 g/mol. The molecule has 3 heterocycles. The summed E-state index contributed by atoms with van der Waals surface area (Å²) in [5, 5.41) is 8.38. The summed E-state index contributed by atoms with van der Waals surface area (Å²) in [7, 11) is 0. The van der Waals surface area contributed by atoms with Crippen molar-refractivity contribution in [2.45, 2.75) is 52.5 Å². The Hall–Kier alpha value is -1.98. The highest BCUT2D eigenvalue weighted by atomic mass is 15.3. The molecule has 6 heteroatoms. The van der Waals surface area contributed by atoms with E-state index in [9.17, 15) is 0 Å². The fourth-order valence-corrected chi connectivity index (χ4v) is 3.15. The van der Waals surface area contributed by atoms with Gasteiger partial charge in [-0.1, -0.05) is 6.92 Å². The topological polar surface area (TPSA) is 59.7 Å². The SMILES string of the molecule is CCc1cc(N2CCC(c3nncn3CC)CC2)nc(C)n1. The zero-order chi connectivity index (χ0) is 15.5. The highest BCUT2D eigenvalue weighted by Crippen LogP contribution is 2.28. The van der Waals surface area contributed by atoms with Gasteiger partial charge >= 0.3 is 0 Å². The third kappa shape index (κ3) is 2.96. The van der Waals surface area contributed by atoms with E-state index in [2.05, 4.69) is 49.5 Å². The maximum atomic E-state index is 4.61. The summed E-state index contributed by atoms with van der Waals surface area (Å²) in [6, 6.07) is 2.13. The van der Waals surface area contributed by atoms with Gasteiger partial charge in [0.2, 0.25) is 0 Å². The fraction of sp³-hybridized carbons (Fsp3) is 0.625. The highest BCUT2D eigenvalue weighted by Gasteiger charge is 2.25. The zero-order valence-corrected chi connectivity index (χ0v) is 13.7. The van der Waals surface area contributed by atoms with Crippen molar-refractivity contribution in [1.29, 1.82) is 0 Å². The molecular formula is C16H24N6. The molecule has 6 nitrogen and oxygen atoms in total. The van der Waals surface area contributed by atoms with E-state index in [1.807, 2.05) is 13.3 Å². The van der Waals surface area contributed by atoms with Crippen LogP contribution in [0.5, 0.6) is 0 Å². The summed E-state index contributed by atoms with van der Waals surface area (Å²) in [5.74, 6) is 3.57. The van der Waals surface area contributed by atoms with Gasteiger partial charge in [-0.2, -0.15) is 0 Å². The molecule has 22 heavy (non-hydrogen) atoms. The number of aryl methyl sites for hydroxylation is 3. The lowest BCUT2D eigenvalue weighted by molar-refractivity contribution is 0.465. The monoisotopic (exact) mass is 300 g/mol. The van der Waals surface area contributed by atoms with Crippen molar-refractivity contribution in [3.05, 3.63) is 29.7 Å². The van der Waals surface area contributed by atoms with Crippen LogP contribution in [0.2, 0.25) is 0 Å². The third-order valence-electron chi connectivity index (χ3n) is 4.41. The molecule has 0 atom stereocenters. The van der Waals surface area contributed by atoms with Crippen molar-refractivity contribution in [3.63, 3.8) is 0 Å². The minimum atomic E-state index is 0.507. The molecule has 0 spiro atoms. The van der Waals surface area contributed by atoms with Crippen molar-refractivity contribution >= 4 is 5.82 Å². The Morgan fingerprint density at radius 2 is 1.95 bits per heavy atom. The molecule has 0 amide bonds. The van der Waals surface area contributed by atoms with Crippen LogP contribution in [0.4, 0.5) is 5.82 Å². The van der Waals surface area contributed by atoms with Gasteiger partial charge in [-0.15, -0.1) is 10.2 Å². The molecule has 0 N–H and O–H groups in total. The first-order valence-electron chi connectivity index (χ1n) is 8.18. The van der Waals surface area contributed by atoms with Gasteiger partial charge in [-0.3, -0.25) is 0 Å². The largest absolute Gasteiger partial charge is 0.356 e. The predicted octanol–water partition coefficient (Wildman–Crippen LogP) is 2.34. The van der Waals surface area contributed by atoms with E-state index >= 15 is 0 Å². The van der Waals surface area contributed by atoms with Crippen LogP contribution < -0.4 is 4.90 Å². The lowest BCUT2D eigenvalue weighted by Gasteiger charge is -2.32. The van der Waals surface area contributed by atoms with E-state index in [1.54, 1.807) is 0 Å². The first kappa shape index (κ1) is 14.9. The summed E-state index contributed by atoms with van der Waals surface area (Å²) in [6.45, 7) is 9.21. The fourth-order valence-electron chi connectivity index (χ4n) is 3.15. The molecule has 118 valence electrons. The number of anilines is 1. The van der Waals surface area contributed by atoms with Gasteiger partial charge in [0, 0.05) is 37.3 Å². The molecule has 2 aromatic heterocycles. The van der Waals surface area contributed by atoms with Crippen molar-refractivity contribution in [2.24, 2.45) is 0 Å². The molecule has 1 aliphatic heterocycles. The summed E-state index contributed by atoms with van der Waals surface area (Å²) in [6.07, 6.45) is 4.99. The number of aromatic nitrogens is 5. The third-order valence-corrected chi connectivity index (χ3v) is 4.41. The Labute approximate surface area is 131 Å². The van der Waals surface area contributed by atoms with Gasteiger partial charge in [0.05, 0.1) is 0 Å². The van der Waals surface area contributed by atoms with E-state index in [0.717, 1.165) is 62.1 Å². The summed E-state index contributed by atoms with van der Waals surface area (Å²) < 4.78 is 2.16. The van der Waals surface area contributed by atoms with Crippen LogP contribution >= 0.6 is 0 Å². The summed E-state index contributed by atoms with van der Waals surface area (Å²) in [4.78, 5) is 11.4. The van der Waals surface area contributed by atoms with E-state index in [1.165, 1.54) is 0 Å². The second-order valence-electron chi connectivity index (χ2n) is 5.85. The Morgan fingerprint density at radius 1 is 1.18 bits per heavy atom. The molecule has 1 saturated heterocycles. The van der Waals surface area contributed by atoms with Crippen molar-refractivity contribution < 1.29 is 0 Å². The molecule has 0 bridgehead atoms. The predicted molar refractivity (Wildman–Crippen MR) is 86.0 cm³/mol. The van der Waals surface area contributed by atoms with E-state index in [-0.39, 0.29) is 0 Å². The quantitative estimate of drug-likeness (QED) is 0.867. The van der Waals surface area contributed by atoms with E-state index in [4.69, 9.17) is 0 Å². The maximum absolute atomic E-state index is 4.61. The maximum Gasteiger partial charge on any atom is 0.136 e. The Morgan fingerprint density at radius 3 is 2.64 bits per heavy atom. The molecule has 1 fully saturated rings. The average Bonchev–Trinajstić information content (AvgIpc) is 3.03.